The summed E-state index contributed by atoms with van der Waals surface area (Å²) in [7, 11) is 0. The topological polar surface area (TPSA) is 127 Å². The molecule has 3 aromatic carbocycles. The fourth-order valence-electron chi connectivity index (χ4n) is 4.06. The van der Waals surface area contributed by atoms with E-state index in [4.69, 9.17) is 24.3 Å². The molecule has 11 heteroatoms. The predicted octanol–water partition coefficient (Wildman–Crippen LogP) is 4.67. The molecule has 1 saturated heterocycles. The van der Waals surface area contributed by atoms with Crippen LogP contribution in [0.2, 0.25) is 0 Å². The SMILES string of the molecule is CCOc1ccc(N=C2S[C@@H](CC(=O)Nc3ccc(C(=O)O)cc3)C(=O)N2Cc2ccc3c(c2)OCO3)cc1. The molecule has 0 bridgehead atoms. The van der Waals surface area contributed by atoms with Gasteiger partial charge in [0.15, 0.2) is 16.7 Å². The number of aromatic carboxylic acids is 1. The average Bonchev–Trinajstić information content (AvgIpc) is 3.50. The van der Waals surface area contributed by atoms with E-state index in [2.05, 4.69) is 5.32 Å². The first-order valence-electron chi connectivity index (χ1n) is 12.2. The Morgan fingerprint density at radius 1 is 1.08 bits per heavy atom. The molecule has 2 aliphatic heterocycles. The van der Waals surface area contributed by atoms with Crippen molar-refractivity contribution in [3.63, 3.8) is 0 Å². The van der Waals surface area contributed by atoms with Gasteiger partial charge in [0.05, 0.1) is 24.4 Å². The zero-order valence-electron chi connectivity index (χ0n) is 21.0. The Morgan fingerprint density at radius 2 is 1.82 bits per heavy atom. The summed E-state index contributed by atoms with van der Waals surface area (Å²) in [4.78, 5) is 43.6. The van der Waals surface area contributed by atoms with Crippen LogP contribution in [0.4, 0.5) is 11.4 Å². The minimum Gasteiger partial charge on any atom is -0.494 e. The Morgan fingerprint density at radius 3 is 2.54 bits per heavy atom. The monoisotopic (exact) mass is 547 g/mol. The molecular weight excluding hydrogens is 522 g/mol. The second-order valence-electron chi connectivity index (χ2n) is 8.67. The number of carbonyl (C=O) groups excluding carboxylic acids is 2. The van der Waals surface area contributed by atoms with Crippen LogP contribution < -0.4 is 19.5 Å². The highest BCUT2D eigenvalue weighted by Crippen LogP contribution is 2.36. The highest BCUT2D eigenvalue weighted by atomic mass is 32.2. The van der Waals surface area contributed by atoms with Gasteiger partial charge in [-0.3, -0.25) is 14.5 Å². The van der Waals surface area contributed by atoms with Crippen molar-refractivity contribution in [2.75, 3.05) is 18.7 Å². The Bertz CT molecular complexity index is 1420. The molecule has 1 atom stereocenters. The number of rotatable bonds is 9. The lowest BCUT2D eigenvalue weighted by atomic mass is 10.1. The van der Waals surface area contributed by atoms with Gasteiger partial charge < -0.3 is 24.6 Å². The van der Waals surface area contributed by atoms with E-state index in [9.17, 15) is 14.4 Å². The summed E-state index contributed by atoms with van der Waals surface area (Å²) < 4.78 is 16.4. The lowest BCUT2D eigenvalue weighted by Gasteiger charge is -2.17. The van der Waals surface area contributed by atoms with Gasteiger partial charge in [0.1, 0.15) is 11.0 Å². The molecule has 3 aromatic rings. The quantitative estimate of drug-likeness (QED) is 0.396. The zero-order valence-corrected chi connectivity index (χ0v) is 21.8. The highest BCUT2D eigenvalue weighted by molar-refractivity contribution is 8.15. The van der Waals surface area contributed by atoms with Crippen LogP contribution in [-0.2, 0) is 16.1 Å². The van der Waals surface area contributed by atoms with Crippen LogP contribution in [0.1, 0.15) is 29.3 Å². The van der Waals surface area contributed by atoms with Crippen molar-refractivity contribution in [1.29, 1.82) is 0 Å². The van der Waals surface area contributed by atoms with Gasteiger partial charge in [-0.1, -0.05) is 17.8 Å². The van der Waals surface area contributed by atoms with Gasteiger partial charge in [0.2, 0.25) is 18.6 Å². The number of nitrogens with zero attached hydrogens (tertiary/aromatic N) is 2. The van der Waals surface area contributed by atoms with Crippen molar-refractivity contribution in [3.8, 4) is 17.2 Å². The minimum absolute atomic E-state index is 0.0792. The standard InChI is InChI=1S/C28H25N3O7S/c1-2-36-21-10-8-20(9-11-21)30-28-31(15-17-3-12-22-23(13-17)38-16-37-22)26(33)24(39-28)14-25(32)29-19-6-4-18(5-7-19)27(34)35/h3-13,24H,2,14-16H2,1H3,(H,29,32)(H,34,35)/t24-/m0/s1. The van der Waals surface area contributed by atoms with Crippen LogP contribution >= 0.6 is 11.8 Å². The Labute approximate surface area is 228 Å². The van der Waals surface area contributed by atoms with Crippen LogP contribution in [-0.4, -0.2) is 51.6 Å². The van der Waals surface area contributed by atoms with Crippen LogP contribution in [0.5, 0.6) is 17.2 Å². The fraction of sp³-hybridized carbons (Fsp3) is 0.214. The average molecular weight is 548 g/mol. The van der Waals surface area contributed by atoms with Gasteiger partial charge in [-0.2, -0.15) is 0 Å². The normalized spacial score (nSPS) is 16.9. The molecule has 2 aliphatic rings. The molecule has 0 saturated carbocycles. The fourth-order valence-corrected chi connectivity index (χ4v) is 5.22. The maximum absolute atomic E-state index is 13.5. The third kappa shape index (κ3) is 6.15. The van der Waals surface area contributed by atoms with Crippen LogP contribution in [0.25, 0.3) is 0 Å². The molecule has 10 nitrogen and oxygen atoms in total. The van der Waals surface area contributed by atoms with E-state index in [1.165, 1.54) is 36.0 Å². The van der Waals surface area contributed by atoms with Gasteiger partial charge in [0, 0.05) is 12.1 Å². The van der Waals surface area contributed by atoms with Crippen molar-refractivity contribution in [1.82, 2.24) is 4.90 Å². The number of amides is 2. The number of fused-ring (bicyclic) bond motifs is 1. The number of thioether (sulfide) groups is 1. The zero-order chi connectivity index (χ0) is 27.4. The molecule has 200 valence electrons. The molecule has 2 amide bonds. The molecule has 0 unspecified atom stereocenters. The lowest BCUT2D eigenvalue weighted by molar-refractivity contribution is -0.128. The van der Waals surface area contributed by atoms with E-state index in [0.717, 1.165) is 11.3 Å². The molecule has 0 radical (unpaired) electrons. The number of carboxylic acid groups (broad SMARTS) is 1. The third-order valence-electron chi connectivity index (χ3n) is 5.96. The van der Waals surface area contributed by atoms with E-state index in [-0.39, 0.29) is 37.1 Å². The van der Waals surface area contributed by atoms with Crippen LogP contribution in [0, 0.1) is 0 Å². The molecule has 2 N–H and O–H groups in total. The number of carboxylic acids is 1. The maximum Gasteiger partial charge on any atom is 0.335 e. The number of anilines is 1. The second-order valence-corrected chi connectivity index (χ2v) is 9.84. The molecular formula is C28H25N3O7S. The van der Waals surface area contributed by atoms with Crippen molar-refractivity contribution in [3.05, 3.63) is 77.9 Å². The molecule has 5 rings (SSSR count). The molecule has 0 spiro atoms. The minimum atomic E-state index is -1.05. The molecule has 1 fully saturated rings. The van der Waals surface area contributed by atoms with E-state index in [1.54, 1.807) is 11.0 Å². The smallest absolute Gasteiger partial charge is 0.335 e. The summed E-state index contributed by atoms with van der Waals surface area (Å²) >= 11 is 1.23. The van der Waals surface area contributed by atoms with E-state index < -0.39 is 11.2 Å². The number of ether oxygens (including phenoxy) is 3. The molecule has 39 heavy (non-hydrogen) atoms. The van der Waals surface area contributed by atoms with Gasteiger partial charge >= 0.3 is 5.97 Å². The van der Waals surface area contributed by atoms with Crippen molar-refractivity contribution < 1.29 is 33.7 Å². The summed E-state index contributed by atoms with van der Waals surface area (Å²) in [5.74, 6) is 0.326. The summed E-state index contributed by atoms with van der Waals surface area (Å²) in [6.07, 6.45) is -0.0792. The Kier molecular flexibility index (Phi) is 7.69. The number of hydrogen-bond acceptors (Lipinski definition) is 8. The van der Waals surface area contributed by atoms with E-state index in [1.807, 2.05) is 43.3 Å². The van der Waals surface area contributed by atoms with Crippen molar-refractivity contribution >= 4 is 46.1 Å². The highest BCUT2D eigenvalue weighted by Gasteiger charge is 2.39. The lowest BCUT2D eigenvalue weighted by Crippen LogP contribution is -2.33. The molecule has 2 heterocycles. The number of carbonyl (C=O) groups is 3. The third-order valence-corrected chi connectivity index (χ3v) is 7.13. The summed E-state index contributed by atoms with van der Waals surface area (Å²) in [6.45, 7) is 2.85. The van der Waals surface area contributed by atoms with Crippen molar-refractivity contribution in [2.24, 2.45) is 4.99 Å². The van der Waals surface area contributed by atoms with Crippen LogP contribution in [0.3, 0.4) is 0 Å². The van der Waals surface area contributed by atoms with Gasteiger partial charge in [-0.25, -0.2) is 9.79 Å². The van der Waals surface area contributed by atoms with Gasteiger partial charge in [-0.05, 0) is 73.2 Å². The number of amidine groups is 1. The van der Waals surface area contributed by atoms with Crippen molar-refractivity contribution in [2.45, 2.75) is 25.1 Å². The second kappa shape index (κ2) is 11.5. The molecule has 0 aliphatic carbocycles. The number of benzene rings is 3. The van der Waals surface area contributed by atoms with Gasteiger partial charge in [-0.15, -0.1) is 0 Å². The van der Waals surface area contributed by atoms with Crippen LogP contribution in [0.15, 0.2) is 71.7 Å². The van der Waals surface area contributed by atoms with E-state index in [0.29, 0.717) is 34.6 Å². The number of aliphatic imine (C=N–C) groups is 1. The largest absolute Gasteiger partial charge is 0.494 e. The maximum atomic E-state index is 13.5. The first-order chi connectivity index (χ1) is 18.9. The molecule has 0 aromatic heterocycles. The first kappa shape index (κ1) is 26.1. The van der Waals surface area contributed by atoms with E-state index >= 15 is 0 Å². The first-order valence-corrected chi connectivity index (χ1v) is 13.1. The predicted molar refractivity (Wildman–Crippen MR) is 146 cm³/mol. The summed E-state index contributed by atoms with van der Waals surface area (Å²) in [5, 5.41) is 11.6. The number of nitrogens with one attached hydrogen (secondary N) is 1. The summed E-state index contributed by atoms with van der Waals surface area (Å²) in [6, 6.07) is 18.6. The Hall–Kier alpha value is -4.51. The number of hydrogen-bond donors (Lipinski definition) is 2. The van der Waals surface area contributed by atoms with Gasteiger partial charge in [0.25, 0.3) is 0 Å². The summed E-state index contributed by atoms with van der Waals surface area (Å²) in [5.41, 5.74) is 2.04. The Balaban J connectivity index is 1.34.